The standard InChI is InChI=1S/C22H22N2OS/c23-16-18-10-4-6-12-20(18)26-21-13-7-5-11-19(21)22(25)24-15-14-17-8-2-1-3-9-17/h4-8,10-13H,1-3,9,14-15H2,(H,24,25). The van der Waals surface area contributed by atoms with Gasteiger partial charge in [-0.25, -0.2) is 0 Å². The van der Waals surface area contributed by atoms with E-state index in [9.17, 15) is 10.1 Å². The molecule has 2 aromatic carbocycles. The number of carbonyl (C=O) groups is 1. The zero-order valence-corrected chi connectivity index (χ0v) is 15.5. The zero-order chi connectivity index (χ0) is 18.2. The molecule has 1 aliphatic rings. The summed E-state index contributed by atoms with van der Waals surface area (Å²) in [6.45, 7) is 0.665. The van der Waals surface area contributed by atoms with Gasteiger partial charge in [0.1, 0.15) is 6.07 Å². The minimum atomic E-state index is -0.0565. The van der Waals surface area contributed by atoms with Crippen LogP contribution in [0.5, 0.6) is 0 Å². The number of amides is 1. The maximum Gasteiger partial charge on any atom is 0.252 e. The highest BCUT2D eigenvalue weighted by molar-refractivity contribution is 7.99. The Labute approximate surface area is 159 Å². The van der Waals surface area contributed by atoms with Gasteiger partial charge in [0.25, 0.3) is 5.91 Å². The number of allylic oxidation sites excluding steroid dienone is 1. The Kier molecular flexibility index (Phi) is 6.51. The van der Waals surface area contributed by atoms with E-state index in [1.807, 2.05) is 42.5 Å². The predicted octanol–water partition coefficient (Wildman–Crippen LogP) is 5.33. The van der Waals surface area contributed by atoms with E-state index in [2.05, 4.69) is 17.5 Å². The molecule has 1 aliphatic carbocycles. The highest BCUT2D eigenvalue weighted by Crippen LogP contribution is 2.32. The number of hydrogen-bond donors (Lipinski definition) is 1. The molecule has 0 unspecified atom stereocenters. The molecule has 0 aromatic heterocycles. The van der Waals surface area contributed by atoms with Crippen molar-refractivity contribution in [3.8, 4) is 6.07 Å². The van der Waals surface area contributed by atoms with Crippen LogP contribution in [-0.2, 0) is 0 Å². The van der Waals surface area contributed by atoms with E-state index in [1.54, 1.807) is 6.07 Å². The molecule has 0 saturated carbocycles. The molecule has 1 amide bonds. The van der Waals surface area contributed by atoms with Crippen LogP contribution >= 0.6 is 11.8 Å². The van der Waals surface area contributed by atoms with Gasteiger partial charge in [-0.2, -0.15) is 5.26 Å². The van der Waals surface area contributed by atoms with Crippen molar-refractivity contribution in [3.05, 3.63) is 71.3 Å². The smallest absolute Gasteiger partial charge is 0.252 e. The van der Waals surface area contributed by atoms with Gasteiger partial charge < -0.3 is 5.32 Å². The highest BCUT2D eigenvalue weighted by Gasteiger charge is 2.13. The Morgan fingerprint density at radius 1 is 1.08 bits per heavy atom. The molecule has 0 atom stereocenters. The second-order valence-electron chi connectivity index (χ2n) is 6.32. The SMILES string of the molecule is N#Cc1ccccc1Sc1ccccc1C(=O)NCCC1=CCCCC1. The number of nitrogens with zero attached hydrogens (tertiary/aromatic N) is 1. The predicted molar refractivity (Wildman–Crippen MR) is 105 cm³/mol. The van der Waals surface area contributed by atoms with Crippen LogP contribution in [0.25, 0.3) is 0 Å². The Bertz CT molecular complexity index is 851. The Balaban J connectivity index is 1.67. The molecule has 0 saturated heterocycles. The topological polar surface area (TPSA) is 52.9 Å². The second-order valence-corrected chi connectivity index (χ2v) is 7.40. The van der Waals surface area contributed by atoms with E-state index >= 15 is 0 Å². The van der Waals surface area contributed by atoms with Crippen molar-refractivity contribution in [1.82, 2.24) is 5.32 Å². The normalized spacial score (nSPS) is 13.6. The summed E-state index contributed by atoms with van der Waals surface area (Å²) in [7, 11) is 0. The molecule has 132 valence electrons. The molecular formula is C22H22N2OS. The molecule has 3 rings (SSSR count). The number of benzene rings is 2. The van der Waals surface area contributed by atoms with Gasteiger partial charge in [0.05, 0.1) is 11.1 Å². The molecule has 0 bridgehead atoms. The van der Waals surface area contributed by atoms with Crippen molar-refractivity contribution in [2.75, 3.05) is 6.54 Å². The third kappa shape index (κ3) is 4.77. The van der Waals surface area contributed by atoms with Gasteiger partial charge in [-0.15, -0.1) is 0 Å². The lowest BCUT2D eigenvalue weighted by Crippen LogP contribution is -2.25. The fourth-order valence-corrected chi connectivity index (χ4v) is 4.10. The van der Waals surface area contributed by atoms with Crippen LogP contribution in [0.2, 0.25) is 0 Å². The summed E-state index contributed by atoms with van der Waals surface area (Å²) in [4.78, 5) is 14.4. The summed E-state index contributed by atoms with van der Waals surface area (Å²) in [5.41, 5.74) is 2.74. The minimum absolute atomic E-state index is 0.0565. The van der Waals surface area contributed by atoms with Crippen LogP contribution in [0.15, 0.2) is 70.0 Å². The lowest BCUT2D eigenvalue weighted by molar-refractivity contribution is 0.0951. The number of nitrogens with one attached hydrogen (secondary N) is 1. The first kappa shape index (κ1) is 18.3. The summed E-state index contributed by atoms with van der Waals surface area (Å²) >= 11 is 1.46. The lowest BCUT2D eigenvalue weighted by atomic mass is 9.97. The molecule has 0 radical (unpaired) electrons. The third-order valence-corrected chi connectivity index (χ3v) is 5.63. The maximum absolute atomic E-state index is 12.6. The summed E-state index contributed by atoms with van der Waals surface area (Å²) < 4.78 is 0. The average molecular weight is 362 g/mol. The lowest BCUT2D eigenvalue weighted by Gasteiger charge is -2.14. The van der Waals surface area contributed by atoms with Gasteiger partial charge in [0.2, 0.25) is 0 Å². The molecule has 26 heavy (non-hydrogen) atoms. The van der Waals surface area contributed by atoms with Crippen LogP contribution < -0.4 is 5.32 Å². The molecule has 3 nitrogen and oxygen atoms in total. The van der Waals surface area contributed by atoms with Crippen molar-refractivity contribution in [3.63, 3.8) is 0 Å². The molecular weight excluding hydrogens is 340 g/mol. The first-order valence-corrected chi connectivity index (χ1v) is 9.81. The highest BCUT2D eigenvalue weighted by atomic mass is 32.2. The number of carbonyl (C=O) groups excluding carboxylic acids is 1. The van der Waals surface area contributed by atoms with Crippen molar-refractivity contribution >= 4 is 17.7 Å². The Hall–Kier alpha value is -2.51. The molecule has 0 spiro atoms. The van der Waals surface area contributed by atoms with E-state index < -0.39 is 0 Å². The quantitative estimate of drug-likeness (QED) is 0.707. The van der Waals surface area contributed by atoms with E-state index in [1.165, 1.54) is 36.6 Å². The van der Waals surface area contributed by atoms with Gasteiger partial charge in [0, 0.05) is 16.3 Å². The first-order valence-electron chi connectivity index (χ1n) is 9.00. The zero-order valence-electron chi connectivity index (χ0n) is 14.7. The van der Waals surface area contributed by atoms with Gasteiger partial charge >= 0.3 is 0 Å². The fourth-order valence-electron chi connectivity index (χ4n) is 3.07. The summed E-state index contributed by atoms with van der Waals surface area (Å²) in [5.74, 6) is -0.0565. The molecule has 1 N–H and O–H groups in total. The minimum Gasteiger partial charge on any atom is -0.352 e. The largest absolute Gasteiger partial charge is 0.352 e. The molecule has 2 aromatic rings. The van der Waals surface area contributed by atoms with Gasteiger partial charge in [-0.1, -0.05) is 47.7 Å². The second kappa shape index (κ2) is 9.26. The van der Waals surface area contributed by atoms with E-state index in [-0.39, 0.29) is 5.91 Å². The average Bonchev–Trinajstić information content (AvgIpc) is 2.69. The van der Waals surface area contributed by atoms with Crippen molar-refractivity contribution in [1.29, 1.82) is 5.26 Å². The number of hydrogen-bond acceptors (Lipinski definition) is 3. The maximum atomic E-state index is 12.6. The van der Waals surface area contributed by atoms with E-state index in [0.29, 0.717) is 17.7 Å². The molecule has 0 aliphatic heterocycles. The first-order chi connectivity index (χ1) is 12.8. The van der Waals surface area contributed by atoms with Crippen molar-refractivity contribution < 1.29 is 4.79 Å². The molecule has 0 fully saturated rings. The summed E-state index contributed by atoms with van der Waals surface area (Å²) in [5, 5.41) is 12.3. The van der Waals surface area contributed by atoms with E-state index in [4.69, 9.17) is 0 Å². The summed E-state index contributed by atoms with van der Waals surface area (Å²) in [6.07, 6.45) is 8.12. The number of rotatable bonds is 6. The fraction of sp³-hybridized carbons (Fsp3) is 0.273. The van der Waals surface area contributed by atoms with Crippen molar-refractivity contribution in [2.24, 2.45) is 0 Å². The van der Waals surface area contributed by atoms with Crippen LogP contribution in [0.4, 0.5) is 0 Å². The molecule has 4 heteroatoms. The van der Waals surface area contributed by atoms with Crippen molar-refractivity contribution in [2.45, 2.75) is 41.9 Å². The Morgan fingerprint density at radius 3 is 2.62 bits per heavy atom. The van der Waals surface area contributed by atoms with Crippen LogP contribution in [0, 0.1) is 11.3 Å². The summed E-state index contributed by atoms with van der Waals surface area (Å²) in [6, 6.07) is 17.2. The van der Waals surface area contributed by atoms with E-state index in [0.717, 1.165) is 22.6 Å². The third-order valence-electron chi connectivity index (χ3n) is 4.48. The van der Waals surface area contributed by atoms with Gasteiger partial charge in [0.15, 0.2) is 0 Å². The monoisotopic (exact) mass is 362 g/mol. The Morgan fingerprint density at radius 2 is 1.85 bits per heavy atom. The number of nitriles is 1. The van der Waals surface area contributed by atoms with Crippen LogP contribution in [0.1, 0.15) is 48.0 Å². The van der Waals surface area contributed by atoms with Crippen LogP contribution in [0.3, 0.4) is 0 Å². The van der Waals surface area contributed by atoms with Crippen LogP contribution in [-0.4, -0.2) is 12.5 Å². The van der Waals surface area contributed by atoms with Gasteiger partial charge in [-0.3, -0.25) is 4.79 Å². The van der Waals surface area contributed by atoms with Gasteiger partial charge in [-0.05, 0) is 56.4 Å². The molecule has 0 heterocycles.